The van der Waals surface area contributed by atoms with Crippen molar-refractivity contribution in [1.29, 1.82) is 0 Å². The molecule has 0 saturated heterocycles. The molecule has 24 heavy (non-hydrogen) atoms. The second-order valence-electron chi connectivity index (χ2n) is 4.82. The summed E-state index contributed by atoms with van der Waals surface area (Å²) in [5.74, 6) is 1.63. The third-order valence-electron chi connectivity index (χ3n) is 3.22. The number of benzene rings is 2. The van der Waals surface area contributed by atoms with Crippen LogP contribution < -0.4 is 9.47 Å². The molecule has 0 aliphatic rings. The van der Waals surface area contributed by atoms with Crippen molar-refractivity contribution >= 4 is 0 Å². The molecule has 0 radical (unpaired) electrons. The van der Waals surface area contributed by atoms with Crippen LogP contribution in [0.1, 0.15) is 0 Å². The fraction of sp³-hybridized carbons (Fsp3) is 0.200. The molecule has 2 aromatic carbocycles. The van der Waals surface area contributed by atoms with E-state index < -0.39 is 0 Å². The van der Waals surface area contributed by atoms with Gasteiger partial charge in [0.1, 0.15) is 37.9 Å². The van der Waals surface area contributed by atoms with Crippen molar-refractivity contribution in [1.82, 2.24) is 0 Å². The van der Waals surface area contributed by atoms with Gasteiger partial charge in [0, 0.05) is 0 Å². The minimum atomic E-state index is 0.491. The van der Waals surface area contributed by atoms with Gasteiger partial charge in [-0.2, -0.15) is 0 Å². The zero-order valence-corrected chi connectivity index (χ0v) is 13.6. The van der Waals surface area contributed by atoms with Crippen LogP contribution in [0.2, 0.25) is 0 Å². The lowest BCUT2D eigenvalue weighted by Gasteiger charge is -2.09. The SMILES string of the molecule is C=COCCOc1ccc(-c2ccc(OCCOC=C)cc2)cc1. The van der Waals surface area contributed by atoms with Crippen molar-refractivity contribution in [2.75, 3.05) is 26.4 Å². The molecule has 0 spiro atoms. The first-order valence-electron chi connectivity index (χ1n) is 7.74. The Hall–Kier alpha value is -2.88. The predicted octanol–water partition coefficient (Wildman–Crippen LogP) is 4.43. The van der Waals surface area contributed by atoms with E-state index in [2.05, 4.69) is 13.2 Å². The molecular weight excluding hydrogens is 304 g/mol. The Morgan fingerprint density at radius 3 is 1.29 bits per heavy atom. The third kappa shape index (κ3) is 5.72. The van der Waals surface area contributed by atoms with Gasteiger partial charge in [0.2, 0.25) is 0 Å². The van der Waals surface area contributed by atoms with Crippen molar-refractivity contribution in [3.63, 3.8) is 0 Å². The van der Waals surface area contributed by atoms with Crippen LogP contribution in [0, 0.1) is 0 Å². The van der Waals surface area contributed by atoms with Crippen LogP contribution in [0.4, 0.5) is 0 Å². The molecule has 126 valence electrons. The Morgan fingerprint density at radius 2 is 0.958 bits per heavy atom. The van der Waals surface area contributed by atoms with Gasteiger partial charge in [0.15, 0.2) is 0 Å². The molecule has 0 fully saturated rings. The summed E-state index contributed by atoms with van der Waals surface area (Å²) < 4.78 is 21.2. The van der Waals surface area contributed by atoms with E-state index in [1.807, 2.05) is 48.5 Å². The highest BCUT2D eigenvalue weighted by Gasteiger charge is 2.00. The van der Waals surface area contributed by atoms with Crippen molar-refractivity contribution < 1.29 is 18.9 Å². The van der Waals surface area contributed by atoms with Crippen LogP contribution in [0.3, 0.4) is 0 Å². The van der Waals surface area contributed by atoms with Crippen molar-refractivity contribution in [2.24, 2.45) is 0 Å². The van der Waals surface area contributed by atoms with E-state index in [9.17, 15) is 0 Å². The smallest absolute Gasteiger partial charge is 0.122 e. The van der Waals surface area contributed by atoms with E-state index >= 15 is 0 Å². The van der Waals surface area contributed by atoms with Gasteiger partial charge in [-0.05, 0) is 35.4 Å². The Labute approximate surface area is 142 Å². The zero-order valence-electron chi connectivity index (χ0n) is 13.6. The van der Waals surface area contributed by atoms with E-state index in [4.69, 9.17) is 18.9 Å². The van der Waals surface area contributed by atoms with Crippen molar-refractivity contribution in [3.05, 3.63) is 74.2 Å². The average Bonchev–Trinajstić information content (AvgIpc) is 2.64. The van der Waals surface area contributed by atoms with E-state index in [0.29, 0.717) is 26.4 Å². The normalized spacial score (nSPS) is 9.83. The molecule has 0 saturated carbocycles. The standard InChI is InChI=1S/C20H22O4/c1-3-21-13-15-23-19-9-5-17(6-10-19)18-7-11-20(12-8-18)24-16-14-22-4-2/h3-12H,1-2,13-16H2. The van der Waals surface area contributed by atoms with Gasteiger partial charge in [-0.1, -0.05) is 37.4 Å². The topological polar surface area (TPSA) is 36.9 Å². The highest BCUT2D eigenvalue weighted by molar-refractivity contribution is 5.64. The first-order chi connectivity index (χ1) is 11.8. The Bertz CT molecular complexity index is 560. The lowest BCUT2D eigenvalue weighted by Crippen LogP contribution is -2.03. The Balaban J connectivity index is 1.86. The van der Waals surface area contributed by atoms with Gasteiger partial charge in [0.25, 0.3) is 0 Å². The maximum absolute atomic E-state index is 5.57. The average molecular weight is 326 g/mol. The summed E-state index contributed by atoms with van der Waals surface area (Å²) in [7, 11) is 0. The van der Waals surface area contributed by atoms with Crippen LogP contribution in [-0.2, 0) is 9.47 Å². The molecule has 4 nitrogen and oxygen atoms in total. The second-order valence-corrected chi connectivity index (χ2v) is 4.82. The minimum absolute atomic E-state index is 0.491. The quantitative estimate of drug-likeness (QED) is 0.452. The number of hydrogen-bond donors (Lipinski definition) is 0. The van der Waals surface area contributed by atoms with Crippen LogP contribution in [0.25, 0.3) is 11.1 Å². The van der Waals surface area contributed by atoms with Crippen LogP contribution >= 0.6 is 0 Å². The molecule has 0 atom stereocenters. The third-order valence-corrected chi connectivity index (χ3v) is 3.22. The predicted molar refractivity (Wildman–Crippen MR) is 95.2 cm³/mol. The second kappa shape index (κ2) is 10.0. The fourth-order valence-corrected chi connectivity index (χ4v) is 2.07. The lowest BCUT2D eigenvalue weighted by atomic mass is 10.1. The van der Waals surface area contributed by atoms with Crippen LogP contribution in [-0.4, -0.2) is 26.4 Å². The monoisotopic (exact) mass is 326 g/mol. The Morgan fingerprint density at radius 1 is 0.583 bits per heavy atom. The molecule has 0 unspecified atom stereocenters. The lowest BCUT2D eigenvalue weighted by molar-refractivity contribution is 0.179. The molecule has 0 aliphatic carbocycles. The molecule has 0 amide bonds. The van der Waals surface area contributed by atoms with E-state index in [-0.39, 0.29) is 0 Å². The minimum Gasteiger partial charge on any atom is -0.498 e. The first-order valence-corrected chi connectivity index (χ1v) is 7.74. The summed E-state index contributed by atoms with van der Waals surface area (Å²) in [6.45, 7) is 8.94. The molecule has 4 heteroatoms. The summed E-state index contributed by atoms with van der Waals surface area (Å²) in [4.78, 5) is 0. The number of hydrogen-bond acceptors (Lipinski definition) is 4. The summed E-state index contributed by atoms with van der Waals surface area (Å²) in [5, 5.41) is 0. The molecule has 0 aromatic heterocycles. The summed E-state index contributed by atoms with van der Waals surface area (Å²) in [6, 6.07) is 15.9. The van der Waals surface area contributed by atoms with Crippen LogP contribution in [0.15, 0.2) is 74.2 Å². The molecule has 0 aliphatic heterocycles. The van der Waals surface area contributed by atoms with Gasteiger partial charge < -0.3 is 18.9 Å². The van der Waals surface area contributed by atoms with Gasteiger partial charge >= 0.3 is 0 Å². The van der Waals surface area contributed by atoms with E-state index in [1.54, 1.807) is 0 Å². The van der Waals surface area contributed by atoms with Gasteiger partial charge in [-0.15, -0.1) is 0 Å². The largest absolute Gasteiger partial charge is 0.498 e. The molecule has 2 rings (SSSR count). The molecular formula is C20H22O4. The number of ether oxygens (including phenoxy) is 4. The summed E-state index contributed by atoms with van der Waals surface area (Å²) >= 11 is 0. The van der Waals surface area contributed by atoms with Crippen molar-refractivity contribution in [2.45, 2.75) is 0 Å². The first kappa shape index (κ1) is 17.5. The van der Waals surface area contributed by atoms with Gasteiger partial charge in [-0.25, -0.2) is 0 Å². The summed E-state index contributed by atoms with van der Waals surface area (Å²) in [6.07, 6.45) is 2.82. The highest BCUT2D eigenvalue weighted by atomic mass is 16.5. The number of rotatable bonds is 11. The van der Waals surface area contributed by atoms with E-state index in [0.717, 1.165) is 22.6 Å². The maximum atomic E-state index is 5.57. The Kier molecular flexibility index (Phi) is 7.28. The van der Waals surface area contributed by atoms with Gasteiger partial charge in [0.05, 0.1) is 12.5 Å². The molecule has 0 bridgehead atoms. The van der Waals surface area contributed by atoms with Crippen LogP contribution in [0.5, 0.6) is 11.5 Å². The van der Waals surface area contributed by atoms with Gasteiger partial charge in [-0.3, -0.25) is 0 Å². The molecule has 2 aromatic rings. The maximum Gasteiger partial charge on any atom is 0.122 e. The fourth-order valence-electron chi connectivity index (χ4n) is 2.07. The van der Waals surface area contributed by atoms with Crippen molar-refractivity contribution in [3.8, 4) is 22.6 Å². The summed E-state index contributed by atoms with van der Waals surface area (Å²) in [5.41, 5.74) is 2.23. The molecule has 0 N–H and O–H groups in total. The molecule has 0 heterocycles. The van der Waals surface area contributed by atoms with E-state index in [1.165, 1.54) is 12.5 Å². The zero-order chi connectivity index (χ0) is 17.0. The highest BCUT2D eigenvalue weighted by Crippen LogP contribution is 2.24.